The maximum Gasteiger partial charge on any atom is 0.321 e. The number of anilines is 1. The van der Waals surface area contributed by atoms with Crippen LogP contribution in [0.5, 0.6) is 11.5 Å². The molecular weight excluding hydrogens is 530 g/mol. The lowest BCUT2D eigenvalue weighted by atomic mass is 10.1. The summed E-state index contributed by atoms with van der Waals surface area (Å²) in [5.74, 6) is -0.737. The number of ether oxygens (including phenoxy) is 2. The molecule has 0 bridgehead atoms. The van der Waals surface area contributed by atoms with E-state index in [0.29, 0.717) is 37.5 Å². The Hall–Kier alpha value is -4.86. The van der Waals surface area contributed by atoms with E-state index in [4.69, 9.17) is 9.47 Å². The number of hydrogen-bond acceptors (Lipinski definition) is 4. The second-order valence-electron chi connectivity index (χ2n) is 9.63. The molecule has 41 heavy (non-hydrogen) atoms. The standard InChI is InChI=1S/C31H30F2N4O4/c1-20-26(30(38)35-13-15-36(16-14-35)31(39)34-22-9-12-27(32)28(33)17-22)19-29(21-7-10-24(40-2)11-8-21)37(20)23-5-4-6-25(18-23)41-3/h4-12,17-19H,13-16H2,1-3H3,(H,34,39). The van der Waals surface area contributed by atoms with Crippen LogP contribution in [0.25, 0.3) is 16.9 Å². The van der Waals surface area contributed by atoms with Crippen molar-refractivity contribution in [2.45, 2.75) is 6.92 Å². The fraction of sp³-hybridized carbons (Fsp3) is 0.226. The predicted octanol–water partition coefficient (Wildman–Crippen LogP) is 5.74. The highest BCUT2D eigenvalue weighted by Gasteiger charge is 2.28. The Morgan fingerprint density at radius 1 is 0.780 bits per heavy atom. The van der Waals surface area contributed by atoms with E-state index in [1.165, 1.54) is 6.07 Å². The van der Waals surface area contributed by atoms with E-state index in [-0.39, 0.29) is 11.6 Å². The maximum absolute atomic E-state index is 13.8. The van der Waals surface area contributed by atoms with E-state index in [9.17, 15) is 18.4 Å². The molecule has 2 heterocycles. The summed E-state index contributed by atoms with van der Waals surface area (Å²) in [6, 6.07) is 19.9. The number of rotatable bonds is 6. The monoisotopic (exact) mass is 560 g/mol. The number of aromatic nitrogens is 1. The van der Waals surface area contributed by atoms with Gasteiger partial charge in [-0.25, -0.2) is 13.6 Å². The molecule has 0 atom stereocenters. The van der Waals surface area contributed by atoms with Crippen LogP contribution in [0.2, 0.25) is 0 Å². The van der Waals surface area contributed by atoms with Crippen LogP contribution in [0.1, 0.15) is 16.1 Å². The van der Waals surface area contributed by atoms with Gasteiger partial charge >= 0.3 is 6.03 Å². The fourth-order valence-corrected chi connectivity index (χ4v) is 4.94. The largest absolute Gasteiger partial charge is 0.497 e. The molecule has 4 aromatic rings. The minimum absolute atomic E-state index is 0.139. The predicted molar refractivity (Wildman–Crippen MR) is 152 cm³/mol. The molecule has 5 rings (SSSR count). The maximum atomic E-state index is 13.8. The molecule has 1 aliphatic heterocycles. The van der Waals surface area contributed by atoms with Gasteiger partial charge in [0.1, 0.15) is 11.5 Å². The van der Waals surface area contributed by atoms with Crippen molar-refractivity contribution < 1.29 is 27.8 Å². The second kappa shape index (κ2) is 11.7. The molecule has 1 fully saturated rings. The first kappa shape index (κ1) is 27.7. The molecule has 3 aromatic carbocycles. The van der Waals surface area contributed by atoms with Crippen LogP contribution in [0, 0.1) is 18.6 Å². The lowest BCUT2D eigenvalue weighted by Crippen LogP contribution is -2.51. The highest BCUT2D eigenvalue weighted by molar-refractivity contribution is 5.98. The molecule has 0 spiro atoms. The Labute approximate surface area is 236 Å². The molecule has 1 saturated heterocycles. The number of urea groups is 1. The summed E-state index contributed by atoms with van der Waals surface area (Å²) >= 11 is 0. The first-order valence-corrected chi connectivity index (χ1v) is 13.1. The fourth-order valence-electron chi connectivity index (χ4n) is 4.94. The van der Waals surface area contributed by atoms with E-state index >= 15 is 0 Å². The summed E-state index contributed by atoms with van der Waals surface area (Å²) in [4.78, 5) is 29.7. The van der Waals surface area contributed by atoms with E-state index < -0.39 is 17.7 Å². The van der Waals surface area contributed by atoms with Gasteiger partial charge in [0, 0.05) is 55.4 Å². The SMILES string of the molecule is COc1ccc(-c2cc(C(=O)N3CCN(C(=O)Nc4ccc(F)c(F)c4)CC3)c(C)n2-c2cccc(OC)c2)cc1. The van der Waals surface area contributed by atoms with Crippen molar-refractivity contribution >= 4 is 17.6 Å². The zero-order chi connectivity index (χ0) is 29.1. The minimum atomic E-state index is -1.04. The number of hydrogen-bond donors (Lipinski definition) is 1. The number of piperazine rings is 1. The molecule has 0 aliphatic carbocycles. The molecule has 1 aliphatic rings. The molecule has 8 nitrogen and oxygen atoms in total. The number of carbonyl (C=O) groups is 2. The molecule has 3 amide bonds. The lowest BCUT2D eigenvalue weighted by Gasteiger charge is -2.34. The van der Waals surface area contributed by atoms with Crippen LogP contribution in [-0.2, 0) is 0 Å². The van der Waals surface area contributed by atoms with E-state index in [1.54, 1.807) is 24.0 Å². The molecule has 10 heteroatoms. The van der Waals surface area contributed by atoms with Gasteiger partial charge in [0.05, 0.1) is 25.5 Å². The Morgan fingerprint density at radius 3 is 2.12 bits per heavy atom. The van der Waals surface area contributed by atoms with Crippen molar-refractivity contribution in [3.63, 3.8) is 0 Å². The summed E-state index contributed by atoms with van der Waals surface area (Å²) in [7, 11) is 3.22. The third-order valence-corrected chi connectivity index (χ3v) is 7.20. The topological polar surface area (TPSA) is 76.0 Å². The first-order chi connectivity index (χ1) is 19.8. The third kappa shape index (κ3) is 5.72. The third-order valence-electron chi connectivity index (χ3n) is 7.20. The highest BCUT2D eigenvalue weighted by Crippen LogP contribution is 2.32. The zero-order valence-corrected chi connectivity index (χ0v) is 23.0. The van der Waals surface area contributed by atoms with Gasteiger partial charge in [-0.1, -0.05) is 6.07 Å². The average molecular weight is 561 g/mol. The van der Waals surface area contributed by atoms with Crippen molar-refractivity contribution in [1.82, 2.24) is 14.4 Å². The van der Waals surface area contributed by atoms with Crippen molar-refractivity contribution in [2.75, 3.05) is 45.7 Å². The molecule has 212 valence electrons. The summed E-state index contributed by atoms with van der Waals surface area (Å²) < 4.78 is 39.5. The van der Waals surface area contributed by atoms with Gasteiger partial charge < -0.3 is 29.2 Å². The Morgan fingerprint density at radius 2 is 1.46 bits per heavy atom. The normalized spacial score (nSPS) is 13.2. The van der Waals surface area contributed by atoms with Crippen LogP contribution in [0.15, 0.2) is 72.8 Å². The number of nitrogens with zero attached hydrogens (tertiary/aromatic N) is 3. The number of carbonyl (C=O) groups excluding carboxylic acids is 2. The van der Waals surface area contributed by atoms with E-state index in [0.717, 1.165) is 40.5 Å². The lowest BCUT2D eigenvalue weighted by molar-refractivity contribution is 0.0671. The van der Waals surface area contributed by atoms with Crippen molar-refractivity contribution in [2.24, 2.45) is 0 Å². The summed E-state index contributed by atoms with van der Waals surface area (Å²) in [6.07, 6.45) is 0. The Bertz CT molecular complexity index is 1580. The number of nitrogens with one attached hydrogen (secondary N) is 1. The van der Waals surface area contributed by atoms with Gasteiger partial charge in [0.25, 0.3) is 5.91 Å². The summed E-state index contributed by atoms with van der Waals surface area (Å²) in [6.45, 7) is 3.15. The molecule has 0 saturated carbocycles. The van der Waals surface area contributed by atoms with Crippen molar-refractivity contribution in [3.8, 4) is 28.4 Å². The van der Waals surface area contributed by atoms with Gasteiger partial charge in [0.2, 0.25) is 0 Å². The van der Waals surface area contributed by atoms with Crippen molar-refractivity contribution in [1.29, 1.82) is 0 Å². The van der Waals surface area contributed by atoms with Gasteiger partial charge in [0.15, 0.2) is 11.6 Å². The van der Waals surface area contributed by atoms with Crippen LogP contribution < -0.4 is 14.8 Å². The summed E-state index contributed by atoms with van der Waals surface area (Å²) in [5, 5.41) is 2.58. The molecule has 0 radical (unpaired) electrons. The number of methoxy groups -OCH3 is 2. The van der Waals surface area contributed by atoms with Crippen LogP contribution in [0.3, 0.4) is 0 Å². The van der Waals surface area contributed by atoms with Gasteiger partial charge in [-0.2, -0.15) is 0 Å². The number of halogens is 2. The highest BCUT2D eigenvalue weighted by atomic mass is 19.2. The van der Waals surface area contributed by atoms with E-state index in [1.807, 2.05) is 66.1 Å². The van der Waals surface area contributed by atoms with Gasteiger partial charge in [-0.15, -0.1) is 0 Å². The molecule has 1 aromatic heterocycles. The van der Waals surface area contributed by atoms with Crippen LogP contribution in [-0.4, -0.2) is 66.7 Å². The minimum Gasteiger partial charge on any atom is -0.497 e. The molecular formula is C31H30F2N4O4. The first-order valence-electron chi connectivity index (χ1n) is 13.1. The second-order valence-corrected chi connectivity index (χ2v) is 9.63. The quantitative estimate of drug-likeness (QED) is 0.327. The number of benzene rings is 3. The van der Waals surface area contributed by atoms with Crippen molar-refractivity contribution in [3.05, 3.63) is 95.7 Å². The van der Waals surface area contributed by atoms with Crippen LogP contribution in [0.4, 0.5) is 19.3 Å². The number of amides is 3. The zero-order valence-electron chi connectivity index (χ0n) is 23.0. The molecule has 1 N–H and O–H groups in total. The van der Waals surface area contributed by atoms with Crippen LogP contribution >= 0.6 is 0 Å². The smallest absolute Gasteiger partial charge is 0.321 e. The van der Waals surface area contributed by atoms with Gasteiger partial charge in [-0.05, 0) is 67.1 Å². The van der Waals surface area contributed by atoms with Gasteiger partial charge in [-0.3, -0.25) is 4.79 Å². The van der Waals surface area contributed by atoms with E-state index in [2.05, 4.69) is 5.32 Å². The Kier molecular flexibility index (Phi) is 7.91. The average Bonchev–Trinajstić information content (AvgIpc) is 3.35. The summed E-state index contributed by atoms with van der Waals surface area (Å²) in [5.41, 5.74) is 4.09. The Balaban J connectivity index is 1.37. The molecule has 0 unspecified atom stereocenters.